The summed E-state index contributed by atoms with van der Waals surface area (Å²) in [5, 5.41) is 13.4. The summed E-state index contributed by atoms with van der Waals surface area (Å²) in [5.74, 6) is -0.350. The van der Waals surface area contributed by atoms with Gasteiger partial charge in [-0.15, -0.1) is 0 Å². The van der Waals surface area contributed by atoms with Gasteiger partial charge < -0.3 is 5.32 Å². The number of urea groups is 1. The normalized spacial score (nSPS) is 20.1. The van der Waals surface area contributed by atoms with E-state index in [1.807, 2.05) is 6.07 Å². The zero-order valence-corrected chi connectivity index (χ0v) is 12.9. The average molecular weight is 325 g/mol. The van der Waals surface area contributed by atoms with Crippen molar-refractivity contribution in [2.75, 3.05) is 0 Å². The van der Waals surface area contributed by atoms with Gasteiger partial charge in [0.25, 0.3) is 11.6 Å². The van der Waals surface area contributed by atoms with E-state index in [2.05, 4.69) is 5.32 Å². The van der Waals surface area contributed by atoms with Gasteiger partial charge in [-0.1, -0.05) is 42.5 Å². The van der Waals surface area contributed by atoms with E-state index in [0.29, 0.717) is 11.1 Å². The lowest BCUT2D eigenvalue weighted by atomic mass is 9.92. The van der Waals surface area contributed by atoms with Gasteiger partial charge in [0, 0.05) is 12.1 Å². The fourth-order valence-corrected chi connectivity index (χ4v) is 2.71. The number of rotatable bonds is 4. The second-order valence-electron chi connectivity index (χ2n) is 5.74. The Balaban J connectivity index is 1.83. The van der Waals surface area contributed by atoms with Gasteiger partial charge in [-0.05, 0) is 18.1 Å². The molecule has 24 heavy (non-hydrogen) atoms. The molecule has 0 spiro atoms. The molecule has 1 N–H and O–H groups in total. The molecule has 1 saturated heterocycles. The first kappa shape index (κ1) is 15.7. The van der Waals surface area contributed by atoms with E-state index in [9.17, 15) is 19.7 Å². The van der Waals surface area contributed by atoms with Gasteiger partial charge >= 0.3 is 6.03 Å². The maximum atomic E-state index is 12.8. The van der Waals surface area contributed by atoms with Crippen LogP contribution in [0.4, 0.5) is 10.5 Å². The molecule has 0 saturated carbocycles. The monoisotopic (exact) mass is 325 g/mol. The lowest BCUT2D eigenvalue weighted by molar-refractivity contribution is -0.384. The molecule has 7 heteroatoms. The molecule has 0 aromatic heterocycles. The Labute approximate surface area is 138 Å². The van der Waals surface area contributed by atoms with Crippen molar-refractivity contribution in [2.45, 2.75) is 19.0 Å². The van der Waals surface area contributed by atoms with Crippen molar-refractivity contribution in [1.82, 2.24) is 10.2 Å². The highest BCUT2D eigenvalue weighted by atomic mass is 16.6. The van der Waals surface area contributed by atoms with Crippen LogP contribution >= 0.6 is 0 Å². The van der Waals surface area contributed by atoms with Crippen LogP contribution in [-0.2, 0) is 16.9 Å². The third-order valence-corrected chi connectivity index (χ3v) is 4.11. The standard InChI is InChI=1S/C17H15N3O4/c1-17(13-5-3-2-4-6-13)15(21)19(16(22)18-17)11-12-7-9-14(10-8-12)20(23)24/h2-10H,11H2,1H3,(H,18,22)/t17-/m0/s1. The van der Waals surface area contributed by atoms with Crippen LogP contribution in [0.25, 0.3) is 0 Å². The SMILES string of the molecule is C[C@@]1(c2ccccc2)NC(=O)N(Cc2ccc([N+](=O)[O-])cc2)C1=O. The molecule has 0 aliphatic carbocycles. The quantitative estimate of drug-likeness (QED) is 0.531. The number of imide groups is 1. The molecule has 2 aromatic carbocycles. The van der Waals surface area contributed by atoms with Crippen molar-refractivity contribution in [3.05, 3.63) is 75.8 Å². The molecule has 0 radical (unpaired) electrons. The number of hydrogen-bond acceptors (Lipinski definition) is 4. The zero-order valence-electron chi connectivity index (χ0n) is 12.9. The Kier molecular flexibility index (Phi) is 3.76. The second kappa shape index (κ2) is 5.77. The molecule has 7 nitrogen and oxygen atoms in total. The Hall–Kier alpha value is -3.22. The number of nitrogens with one attached hydrogen (secondary N) is 1. The number of carbonyl (C=O) groups excluding carboxylic acids is 2. The first-order valence-corrected chi connectivity index (χ1v) is 7.35. The fraction of sp³-hybridized carbons (Fsp3) is 0.176. The summed E-state index contributed by atoms with van der Waals surface area (Å²) in [6.45, 7) is 1.73. The Morgan fingerprint density at radius 1 is 1.08 bits per heavy atom. The molecular formula is C17H15N3O4. The predicted octanol–water partition coefficient (Wildman–Crippen LogP) is 2.56. The average Bonchev–Trinajstić information content (AvgIpc) is 2.80. The van der Waals surface area contributed by atoms with E-state index in [-0.39, 0.29) is 18.1 Å². The summed E-state index contributed by atoms with van der Waals surface area (Å²) < 4.78 is 0. The van der Waals surface area contributed by atoms with Gasteiger partial charge in [0.05, 0.1) is 11.5 Å². The highest BCUT2D eigenvalue weighted by Crippen LogP contribution is 2.29. The molecule has 1 atom stereocenters. The topological polar surface area (TPSA) is 92.6 Å². The molecule has 122 valence electrons. The lowest BCUT2D eigenvalue weighted by Gasteiger charge is -2.22. The van der Waals surface area contributed by atoms with Gasteiger partial charge in [0.1, 0.15) is 5.54 Å². The maximum Gasteiger partial charge on any atom is 0.325 e. The largest absolute Gasteiger partial charge is 0.325 e. The molecule has 0 bridgehead atoms. The zero-order chi connectivity index (χ0) is 17.3. The number of nitrogens with zero attached hydrogens (tertiary/aromatic N) is 2. The maximum absolute atomic E-state index is 12.8. The van der Waals surface area contributed by atoms with E-state index < -0.39 is 16.5 Å². The summed E-state index contributed by atoms with van der Waals surface area (Å²) in [4.78, 5) is 36.3. The van der Waals surface area contributed by atoms with E-state index >= 15 is 0 Å². The fourth-order valence-electron chi connectivity index (χ4n) is 2.71. The van der Waals surface area contributed by atoms with Crippen molar-refractivity contribution < 1.29 is 14.5 Å². The van der Waals surface area contributed by atoms with Crippen LogP contribution in [0, 0.1) is 10.1 Å². The number of nitro groups is 1. The second-order valence-corrected chi connectivity index (χ2v) is 5.74. The molecule has 1 aliphatic heterocycles. The first-order valence-electron chi connectivity index (χ1n) is 7.35. The minimum absolute atomic E-state index is 0.0370. The molecule has 1 aliphatic rings. The smallest absolute Gasteiger partial charge is 0.319 e. The Morgan fingerprint density at radius 2 is 1.71 bits per heavy atom. The molecular weight excluding hydrogens is 310 g/mol. The lowest BCUT2D eigenvalue weighted by Crippen LogP contribution is -2.40. The first-order chi connectivity index (χ1) is 11.4. The molecule has 0 unspecified atom stereocenters. The van der Waals surface area contributed by atoms with E-state index in [0.717, 1.165) is 4.90 Å². The predicted molar refractivity (Wildman–Crippen MR) is 86.0 cm³/mol. The summed E-state index contributed by atoms with van der Waals surface area (Å²) in [6, 6.07) is 14.3. The van der Waals surface area contributed by atoms with Crippen LogP contribution in [-0.4, -0.2) is 21.8 Å². The highest BCUT2D eigenvalue weighted by molar-refractivity contribution is 6.07. The molecule has 1 heterocycles. The Bertz CT molecular complexity index is 804. The number of benzene rings is 2. The van der Waals surface area contributed by atoms with Crippen LogP contribution < -0.4 is 5.32 Å². The van der Waals surface area contributed by atoms with E-state index in [4.69, 9.17) is 0 Å². The van der Waals surface area contributed by atoms with E-state index in [1.165, 1.54) is 24.3 Å². The van der Waals surface area contributed by atoms with Crippen LogP contribution in [0.5, 0.6) is 0 Å². The number of carbonyl (C=O) groups is 2. The third-order valence-electron chi connectivity index (χ3n) is 4.11. The number of nitro benzene ring substituents is 1. The molecule has 3 rings (SSSR count). The van der Waals surface area contributed by atoms with Gasteiger partial charge in [-0.25, -0.2) is 4.79 Å². The number of hydrogen-bond donors (Lipinski definition) is 1. The minimum atomic E-state index is -1.11. The van der Waals surface area contributed by atoms with Crippen molar-refractivity contribution in [1.29, 1.82) is 0 Å². The van der Waals surface area contributed by atoms with Crippen molar-refractivity contribution >= 4 is 17.6 Å². The van der Waals surface area contributed by atoms with Crippen LogP contribution in [0.3, 0.4) is 0 Å². The third kappa shape index (κ3) is 2.60. The molecule has 3 amide bonds. The van der Waals surface area contributed by atoms with Crippen molar-refractivity contribution in [3.8, 4) is 0 Å². The number of non-ortho nitro benzene ring substituents is 1. The van der Waals surface area contributed by atoms with E-state index in [1.54, 1.807) is 31.2 Å². The van der Waals surface area contributed by atoms with Gasteiger partial charge in [0.15, 0.2) is 0 Å². The minimum Gasteiger partial charge on any atom is -0.319 e. The number of amides is 3. The van der Waals surface area contributed by atoms with Gasteiger partial charge in [-0.2, -0.15) is 0 Å². The summed E-state index contributed by atoms with van der Waals surface area (Å²) in [6.07, 6.45) is 0. The summed E-state index contributed by atoms with van der Waals surface area (Å²) >= 11 is 0. The summed E-state index contributed by atoms with van der Waals surface area (Å²) in [5.41, 5.74) is 0.195. The van der Waals surface area contributed by atoms with Crippen LogP contribution in [0.15, 0.2) is 54.6 Å². The van der Waals surface area contributed by atoms with Crippen molar-refractivity contribution in [3.63, 3.8) is 0 Å². The molecule has 1 fully saturated rings. The van der Waals surface area contributed by atoms with Crippen molar-refractivity contribution in [2.24, 2.45) is 0 Å². The Morgan fingerprint density at radius 3 is 2.29 bits per heavy atom. The van der Waals surface area contributed by atoms with Crippen LogP contribution in [0.1, 0.15) is 18.1 Å². The van der Waals surface area contributed by atoms with Gasteiger partial charge in [-0.3, -0.25) is 19.8 Å². The highest BCUT2D eigenvalue weighted by Gasteiger charge is 2.48. The van der Waals surface area contributed by atoms with Crippen LogP contribution in [0.2, 0.25) is 0 Å². The van der Waals surface area contributed by atoms with Gasteiger partial charge in [0.2, 0.25) is 0 Å². The summed E-state index contributed by atoms with van der Waals surface area (Å²) in [7, 11) is 0. The molecule has 2 aromatic rings.